The number of methoxy groups -OCH3 is 1. The van der Waals surface area contributed by atoms with E-state index < -0.39 is 0 Å². The average molecular weight is 360 g/mol. The molecule has 1 fully saturated rings. The predicted octanol–water partition coefficient (Wildman–Crippen LogP) is 1.94. The minimum absolute atomic E-state index is 0.134. The van der Waals surface area contributed by atoms with Crippen LogP contribution in [0.5, 0.6) is 0 Å². The summed E-state index contributed by atoms with van der Waals surface area (Å²) in [5.74, 6) is 1.12. The number of aryl methyl sites for hydroxylation is 1. The summed E-state index contributed by atoms with van der Waals surface area (Å²) < 4.78 is 7.43. The molecule has 1 aliphatic rings. The molecule has 3 rings (SSSR count). The van der Waals surface area contributed by atoms with E-state index in [9.17, 15) is 9.90 Å². The summed E-state index contributed by atoms with van der Waals surface area (Å²) in [5.41, 5.74) is 1.74. The number of hydrogen-bond acceptors (Lipinski definition) is 5. The zero-order chi connectivity index (χ0) is 18.5. The van der Waals surface area contributed by atoms with Gasteiger partial charge in [0.15, 0.2) is 5.65 Å². The van der Waals surface area contributed by atoms with Crippen molar-refractivity contribution in [3.63, 3.8) is 0 Å². The minimum atomic E-state index is -0.256. The Labute approximate surface area is 154 Å². The lowest BCUT2D eigenvalue weighted by atomic mass is 10.1. The van der Waals surface area contributed by atoms with Crippen molar-refractivity contribution in [2.75, 3.05) is 26.8 Å². The lowest BCUT2D eigenvalue weighted by Gasteiger charge is -2.29. The molecular formula is C19H28N4O3. The molecule has 0 bridgehead atoms. The second-order valence-electron chi connectivity index (χ2n) is 7.01. The van der Waals surface area contributed by atoms with Crippen LogP contribution in [0.1, 0.15) is 44.5 Å². The highest BCUT2D eigenvalue weighted by Gasteiger charge is 2.21. The maximum Gasteiger partial charge on any atom is 0.222 e. The molecule has 1 amide bonds. The van der Waals surface area contributed by atoms with Gasteiger partial charge in [0.25, 0.3) is 0 Å². The van der Waals surface area contributed by atoms with Crippen molar-refractivity contribution in [1.82, 2.24) is 19.4 Å². The summed E-state index contributed by atoms with van der Waals surface area (Å²) in [7, 11) is 1.69. The Morgan fingerprint density at radius 1 is 1.42 bits per heavy atom. The third-order valence-electron chi connectivity index (χ3n) is 4.98. The fraction of sp³-hybridized carbons (Fsp3) is 0.632. The van der Waals surface area contributed by atoms with E-state index in [1.807, 2.05) is 17.0 Å². The molecule has 26 heavy (non-hydrogen) atoms. The van der Waals surface area contributed by atoms with Gasteiger partial charge in [-0.1, -0.05) is 0 Å². The van der Waals surface area contributed by atoms with E-state index in [4.69, 9.17) is 9.72 Å². The first kappa shape index (κ1) is 18.8. The lowest BCUT2D eigenvalue weighted by Crippen LogP contribution is -2.40. The number of aromatic nitrogens is 3. The maximum atomic E-state index is 12.4. The Balaban J connectivity index is 1.65. The fourth-order valence-corrected chi connectivity index (χ4v) is 3.60. The number of hydrogen-bond donors (Lipinski definition) is 1. The van der Waals surface area contributed by atoms with Crippen LogP contribution in [0, 0.1) is 0 Å². The molecule has 0 aromatic carbocycles. The number of rotatable bonds is 7. The zero-order valence-electron chi connectivity index (χ0n) is 15.6. The summed E-state index contributed by atoms with van der Waals surface area (Å²) in [4.78, 5) is 23.4. The van der Waals surface area contributed by atoms with Gasteiger partial charge >= 0.3 is 0 Å². The molecule has 0 spiro atoms. The Kier molecular flexibility index (Phi) is 6.21. The second-order valence-corrected chi connectivity index (χ2v) is 7.01. The van der Waals surface area contributed by atoms with Gasteiger partial charge in [-0.3, -0.25) is 4.79 Å². The van der Waals surface area contributed by atoms with Gasteiger partial charge in [-0.25, -0.2) is 9.97 Å². The van der Waals surface area contributed by atoms with Crippen molar-refractivity contribution >= 4 is 17.1 Å². The normalized spacial score (nSPS) is 17.0. The van der Waals surface area contributed by atoms with Crippen molar-refractivity contribution in [3.8, 4) is 0 Å². The van der Waals surface area contributed by atoms with E-state index in [1.165, 1.54) is 0 Å². The molecule has 2 aromatic rings. The molecule has 7 nitrogen and oxygen atoms in total. The highest BCUT2D eigenvalue weighted by Crippen LogP contribution is 2.21. The van der Waals surface area contributed by atoms with E-state index >= 15 is 0 Å². The Morgan fingerprint density at radius 2 is 2.19 bits per heavy atom. The zero-order valence-corrected chi connectivity index (χ0v) is 15.6. The smallest absolute Gasteiger partial charge is 0.222 e. The third-order valence-corrected chi connectivity index (χ3v) is 4.98. The maximum absolute atomic E-state index is 12.4. The Morgan fingerprint density at radius 3 is 2.92 bits per heavy atom. The summed E-state index contributed by atoms with van der Waals surface area (Å²) in [6, 6.07) is 3.99. The quantitative estimate of drug-likeness (QED) is 0.816. The number of likely N-dealkylation sites (tertiary alicyclic amines) is 1. The molecule has 3 heterocycles. The van der Waals surface area contributed by atoms with Gasteiger partial charge in [0.1, 0.15) is 11.3 Å². The van der Waals surface area contributed by atoms with Crippen LogP contribution in [0.15, 0.2) is 18.3 Å². The number of piperidine rings is 1. The summed E-state index contributed by atoms with van der Waals surface area (Å²) >= 11 is 0. The molecule has 1 N–H and O–H groups in total. The Hall–Kier alpha value is -1.99. The van der Waals surface area contributed by atoms with Gasteiger partial charge in [0.05, 0.1) is 18.8 Å². The molecule has 1 atom stereocenters. The molecule has 0 unspecified atom stereocenters. The molecular weight excluding hydrogens is 332 g/mol. The molecule has 1 saturated heterocycles. The number of pyridine rings is 1. The topological polar surface area (TPSA) is 80.5 Å². The fourth-order valence-electron chi connectivity index (χ4n) is 3.60. The van der Waals surface area contributed by atoms with Crippen LogP contribution < -0.4 is 0 Å². The van der Waals surface area contributed by atoms with Gasteiger partial charge in [-0.05, 0) is 38.3 Å². The monoisotopic (exact) mass is 360 g/mol. The average Bonchev–Trinajstić information content (AvgIpc) is 3.00. The minimum Gasteiger partial charge on any atom is -0.393 e. The highest BCUT2D eigenvalue weighted by atomic mass is 16.5. The highest BCUT2D eigenvalue weighted by molar-refractivity contribution is 5.76. The van der Waals surface area contributed by atoms with Gasteiger partial charge in [0.2, 0.25) is 5.91 Å². The molecule has 0 aliphatic carbocycles. The van der Waals surface area contributed by atoms with Crippen LogP contribution in [0.3, 0.4) is 0 Å². The molecule has 7 heteroatoms. The van der Waals surface area contributed by atoms with E-state index in [0.29, 0.717) is 39.0 Å². The van der Waals surface area contributed by atoms with Crippen molar-refractivity contribution in [2.45, 2.75) is 51.2 Å². The number of carbonyl (C=O) groups excluding carboxylic acids is 1. The summed E-state index contributed by atoms with van der Waals surface area (Å²) in [6.07, 6.45) is 4.87. The van der Waals surface area contributed by atoms with E-state index in [-0.39, 0.29) is 18.1 Å². The van der Waals surface area contributed by atoms with Crippen LogP contribution in [0.25, 0.3) is 11.2 Å². The van der Waals surface area contributed by atoms with Crippen molar-refractivity contribution in [2.24, 2.45) is 0 Å². The number of fused-ring (bicyclic) bond motifs is 1. The number of aliphatic hydroxyl groups is 1. The van der Waals surface area contributed by atoms with Gasteiger partial charge in [-0.15, -0.1) is 0 Å². The standard InChI is InChI=1S/C19H28N4O3/c1-14(13-26-2)23-17(21-16-5-4-10-20-19(16)23)6-3-7-18(25)22-11-8-15(24)9-12-22/h4-5,10,14-15,24H,3,6-9,11-13H2,1-2H3/t14-/m0/s1. The van der Waals surface area contributed by atoms with Crippen LogP contribution in [0.4, 0.5) is 0 Å². The van der Waals surface area contributed by atoms with Gasteiger partial charge in [-0.2, -0.15) is 0 Å². The first-order valence-electron chi connectivity index (χ1n) is 9.36. The second kappa shape index (κ2) is 8.60. The van der Waals surface area contributed by atoms with Crippen LogP contribution in [-0.2, 0) is 16.0 Å². The van der Waals surface area contributed by atoms with Gasteiger partial charge < -0.3 is 19.3 Å². The molecule has 0 radical (unpaired) electrons. The van der Waals surface area contributed by atoms with Gasteiger partial charge in [0, 0.05) is 39.2 Å². The van der Waals surface area contributed by atoms with Crippen molar-refractivity contribution in [1.29, 1.82) is 0 Å². The predicted molar refractivity (Wildman–Crippen MR) is 98.9 cm³/mol. The number of aliphatic hydroxyl groups excluding tert-OH is 1. The first-order valence-corrected chi connectivity index (χ1v) is 9.36. The van der Waals surface area contributed by atoms with Crippen LogP contribution in [0.2, 0.25) is 0 Å². The summed E-state index contributed by atoms with van der Waals surface area (Å²) in [5, 5.41) is 9.56. The first-order chi connectivity index (χ1) is 12.6. The van der Waals surface area contributed by atoms with Crippen molar-refractivity contribution < 1.29 is 14.6 Å². The molecule has 142 valence electrons. The SMILES string of the molecule is COC[C@H](C)n1c(CCCC(=O)N2CCC(O)CC2)nc2cccnc21. The number of imidazole rings is 1. The molecule has 2 aromatic heterocycles. The number of carbonyl (C=O) groups is 1. The van der Waals surface area contributed by atoms with Crippen LogP contribution in [-0.4, -0.2) is 63.4 Å². The Bertz CT molecular complexity index is 737. The molecule has 0 saturated carbocycles. The number of amides is 1. The molecule has 1 aliphatic heterocycles. The summed E-state index contributed by atoms with van der Waals surface area (Å²) in [6.45, 7) is 4.00. The van der Waals surface area contributed by atoms with E-state index in [2.05, 4.69) is 16.5 Å². The van der Waals surface area contributed by atoms with E-state index in [1.54, 1.807) is 13.3 Å². The number of nitrogens with zero attached hydrogens (tertiary/aromatic N) is 4. The lowest BCUT2D eigenvalue weighted by molar-refractivity contribution is -0.133. The number of ether oxygens (including phenoxy) is 1. The largest absolute Gasteiger partial charge is 0.393 e. The van der Waals surface area contributed by atoms with Crippen LogP contribution >= 0.6 is 0 Å². The van der Waals surface area contributed by atoms with Crippen molar-refractivity contribution in [3.05, 3.63) is 24.2 Å². The third kappa shape index (κ3) is 4.22. The van der Waals surface area contributed by atoms with E-state index in [0.717, 1.165) is 29.8 Å².